The van der Waals surface area contributed by atoms with Gasteiger partial charge in [0.1, 0.15) is 0 Å². The second-order valence-corrected chi connectivity index (χ2v) is 10.1. The number of carbonyl (C=O) groups excluding carboxylic acids is 1. The molecular formula is C26H29N3O3S. The Balaban J connectivity index is 1.30. The first-order chi connectivity index (χ1) is 15.9. The van der Waals surface area contributed by atoms with E-state index in [1.54, 1.807) is 36.4 Å². The molecule has 1 aliphatic rings. The third kappa shape index (κ3) is 6.00. The average molecular weight is 464 g/mol. The number of para-hydroxylation sites is 1. The summed E-state index contributed by atoms with van der Waals surface area (Å²) in [5, 5.41) is 2.94. The minimum absolute atomic E-state index is 0.0106. The van der Waals surface area contributed by atoms with Gasteiger partial charge in [-0.05, 0) is 80.4 Å². The lowest BCUT2D eigenvalue weighted by Gasteiger charge is -2.31. The van der Waals surface area contributed by atoms with Crippen molar-refractivity contribution in [3.05, 3.63) is 90.0 Å². The number of piperidine rings is 1. The number of hydrogen-bond donors (Lipinski definition) is 2. The molecule has 0 aliphatic carbocycles. The highest BCUT2D eigenvalue weighted by molar-refractivity contribution is 7.92. The molecule has 0 bridgehead atoms. The van der Waals surface area contributed by atoms with Crippen molar-refractivity contribution in [3.8, 4) is 0 Å². The van der Waals surface area contributed by atoms with Crippen LogP contribution in [-0.2, 0) is 21.4 Å². The lowest BCUT2D eigenvalue weighted by atomic mass is 9.95. The summed E-state index contributed by atoms with van der Waals surface area (Å²) in [4.78, 5) is 15.3. The van der Waals surface area contributed by atoms with Crippen molar-refractivity contribution < 1.29 is 13.2 Å². The molecular weight excluding hydrogens is 434 g/mol. The van der Waals surface area contributed by atoms with E-state index in [0.29, 0.717) is 11.4 Å². The van der Waals surface area contributed by atoms with Gasteiger partial charge in [-0.3, -0.25) is 14.4 Å². The first kappa shape index (κ1) is 23.0. The van der Waals surface area contributed by atoms with Crippen molar-refractivity contribution in [2.75, 3.05) is 23.1 Å². The molecule has 0 spiro atoms. The van der Waals surface area contributed by atoms with Crippen LogP contribution in [0.2, 0.25) is 0 Å². The van der Waals surface area contributed by atoms with Crippen LogP contribution in [0.5, 0.6) is 0 Å². The monoisotopic (exact) mass is 463 g/mol. The standard InChI is InChI=1S/C26H29N3O3S/c1-20-7-5-6-8-22(20)19-29-17-15-21(16-18-29)26(30)27-23-11-13-25(14-12-23)33(31,32)28-24-9-3-2-4-10-24/h2-14,21,28H,15-19H2,1H3,(H,27,30). The molecule has 4 rings (SSSR count). The fraction of sp³-hybridized carbons (Fsp3) is 0.269. The summed E-state index contributed by atoms with van der Waals surface area (Å²) in [5.41, 5.74) is 3.73. The van der Waals surface area contributed by atoms with Crippen LogP contribution in [0.15, 0.2) is 83.8 Å². The Hall–Kier alpha value is -3.16. The number of benzene rings is 3. The molecule has 0 unspecified atom stereocenters. The second-order valence-electron chi connectivity index (χ2n) is 8.46. The van der Waals surface area contributed by atoms with Gasteiger partial charge in [0, 0.05) is 23.8 Å². The number of carbonyl (C=O) groups is 1. The van der Waals surface area contributed by atoms with E-state index in [0.717, 1.165) is 32.5 Å². The van der Waals surface area contributed by atoms with Crippen LogP contribution in [0, 0.1) is 12.8 Å². The molecule has 7 heteroatoms. The minimum atomic E-state index is -3.68. The largest absolute Gasteiger partial charge is 0.326 e. The number of nitrogens with one attached hydrogen (secondary N) is 2. The Morgan fingerprint density at radius 3 is 2.18 bits per heavy atom. The van der Waals surface area contributed by atoms with Crippen molar-refractivity contribution in [1.82, 2.24) is 4.90 Å². The summed E-state index contributed by atoms with van der Waals surface area (Å²) in [6.07, 6.45) is 1.62. The van der Waals surface area contributed by atoms with Gasteiger partial charge < -0.3 is 5.32 Å². The molecule has 1 heterocycles. The van der Waals surface area contributed by atoms with Crippen LogP contribution in [0.4, 0.5) is 11.4 Å². The highest BCUT2D eigenvalue weighted by Gasteiger charge is 2.25. The summed E-state index contributed by atoms with van der Waals surface area (Å²) >= 11 is 0. The van der Waals surface area contributed by atoms with Crippen LogP contribution >= 0.6 is 0 Å². The molecule has 3 aromatic rings. The van der Waals surface area contributed by atoms with E-state index in [2.05, 4.69) is 46.1 Å². The van der Waals surface area contributed by atoms with Crippen molar-refractivity contribution in [2.45, 2.75) is 31.2 Å². The number of sulfonamides is 1. The number of hydrogen-bond acceptors (Lipinski definition) is 4. The molecule has 0 saturated carbocycles. The summed E-state index contributed by atoms with van der Waals surface area (Å²) in [5.74, 6) is -0.0511. The number of nitrogens with zero attached hydrogens (tertiary/aromatic N) is 1. The maximum atomic E-state index is 12.7. The molecule has 0 atom stereocenters. The maximum Gasteiger partial charge on any atom is 0.261 e. The normalized spacial score (nSPS) is 15.2. The summed E-state index contributed by atoms with van der Waals surface area (Å²) in [6, 6.07) is 23.4. The number of aryl methyl sites for hydroxylation is 1. The van der Waals surface area contributed by atoms with Crippen molar-refractivity contribution >= 4 is 27.3 Å². The minimum Gasteiger partial charge on any atom is -0.326 e. The summed E-state index contributed by atoms with van der Waals surface area (Å²) in [7, 11) is -3.68. The zero-order valence-electron chi connectivity index (χ0n) is 18.7. The Morgan fingerprint density at radius 1 is 0.879 bits per heavy atom. The highest BCUT2D eigenvalue weighted by Crippen LogP contribution is 2.23. The second kappa shape index (κ2) is 10.2. The van der Waals surface area contributed by atoms with Gasteiger partial charge in [-0.25, -0.2) is 8.42 Å². The summed E-state index contributed by atoms with van der Waals surface area (Å²) < 4.78 is 27.7. The van der Waals surface area contributed by atoms with Gasteiger partial charge in [-0.15, -0.1) is 0 Å². The van der Waals surface area contributed by atoms with Gasteiger partial charge in [-0.2, -0.15) is 0 Å². The molecule has 0 aromatic heterocycles. The fourth-order valence-electron chi connectivity index (χ4n) is 4.06. The molecule has 2 N–H and O–H groups in total. The third-order valence-electron chi connectivity index (χ3n) is 6.07. The van der Waals surface area contributed by atoms with Crippen LogP contribution < -0.4 is 10.0 Å². The molecule has 6 nitrogen and oxygen atoms in total. The molecule has 3 aromatic carbocycles. The van der Waals surface area contributed by atoms with Gasteiger partial charge in [-0.1, -0.05) is 42.5 Å². The van der Waals surface area contributed by atoms with Crippen LogP contribution in [0.3, 0.4) is 0 Å². The molecule has 33 heavy (non-hydrogen) atoms. The van der Waals surface area contributed by atoms with E-state index in [9.17, 15) is 13.2 Å². The Kier molecular flexibility index (Phi) is 7.11. The smallest absolute Gasteiger partial charge is 0.261 e. The lowest BCUT2D eigenvalue weighted by Crippen LogP contribution is -2.37. The van der Waals surface area contributed by atoms with E-state index in [1.807, 2.05) is 6.07 Å². The zero-order valence-corrected chi connectivity index (χ0v) is 19.5. The third-order valence-corrected chi connectivity index (χ3v) is 7.47. The van der Waals surface area contributed by atoms with Crippen molar-refractivity contribution in [3.63, 3.8) is 0 Å². The van der Waals surface area contributed by atoms with E-state index < -0.39 is 10.0 Å². The maximum absolute atomic E-state index is 12.7. The Bertz CT molecular complexity index is 1190. The van der Waals surface area contributed by atoms with Gasteiger partial charge in [0.15, 0.2) is 0 Å². The van der Waals surface area contributed by atoms with E-state index in [1.165, 1.54) is 23.3 Å². The number of likely N-dealkylation sites (tertiary alicyclic amines) is 1. The van der Waals surface area contributed by atoms with Crippen LogP contribution in [0.1, 0.15) is 24.0 Å². The predicted molar refractivity (Wildman–Crippen MR) is 132 cm³/mol. The van der Waals surface area contributed by atoms with Gasteiger partial charge in [0.05, 0.1) is 4.90 Å². The lowest BCUT2D eigenvalue weighted by molar-refractivity contribution is -0.121. The Morgan fingerprint density at radius 2 is 1.52 bits per heavy atom. The topological polar surface area (TPSA) is 78.5 Å². The number of amides is 1. The van der Waals surface area contributed by atoms with Crippen LogP contribution in [-0.4, -0.2) is 32.3 Å². The first-order valence-corrected chi connectivity index (χ1v) is 12.6. The SMILES string of the molecule is Cc1ccccc1CN1CCC(C(=O)Nc2ccc(S(=O)(=O)Nc3ccccc3)cc2)CC1. The fourth-order valence-corrected chi connectivity index (χ4v) is 5.12. The van der Waals surface area contributed by atoms with Crippen molar-refractivity contribution in [1.29, 1.82) is 0 Å². The molecule has 1 amide bonds. The Labute approximate surface area is 195 Å². The number of rotatable bonds is 7. The van der Waals surface area contributed by atoms with Gasteiger partial charge >= 0.3 is 0 Å². The molecule has 1 fully saturated rings. The van der Waals surface area contributed by atoms with E-state index >= 15 is 0 Å². The molecule has 172 valence electrons. The van der Waals surface area contributed by atoms with Gasteiger partial charge in [0.2, 0.25) is 5.91 Å². The molecule has 1 saturated heterocycles. The number of anilines is 2. The van der Waals surface area contributed by atoms with Crippen molar-refractivity contribution in [2.24, 2.45) is 5.92 Å². The highest BCUT2D eigenvalue weighted by atomic mass is 32.2. The van der Waals surface area contributed by atoms with E-state index in [4.69, 9.17) is 0 Å². The van der Waals surface area contributed by atoms with Gasteiger partial charge in [0.25, 0.3) is 10.0 Å². The quantitative estimate of drug-likeness (QED) is 0.535. The predicted octanol–water partition coefficient (Wildman–Crippen LogP) is 4.65. The molecule has 0 radical (unpaired) electrons. The van der Waals surface area contributed by atoms with Crippen LogP contribution in [0.25, 0.3) is 0 Å². The average Bonchev–Trinajstić information content (AvgIpc) is 2.82. The zero-order chi connectivity index (χ0) is 23.3. The molecule has 1 aliphatic heterocycles. The van der Waals surface area contributed by atoms with E-state index in [-0.39, 0.29) is 16.7 Å². The summed E-state index contributed by atoms with van der Waals surface area (Å²) in [6.45, 7) is 4.81. The first-order valence-electron chi connectivity index (χ1n) is 11.2.